The maximum absolute atomic E-state index is 13.3. The number of amidine groups is 1. The minimum atomic E-state index is -0.808. The molecule has 3 amide bonds. The van der Waals surface area contributed by atoms with E-state index in [0.717, 1.165) is 22.9 Å². The first-order valence-electron chi connectivity index (χ1n) is 15.4. The number of hydrogen-bond acceptors (Lipinski definition) is 13. The summed E-state index contributed by atoms with van der Waals surface area (Å²) in [6.07, 6.45) is 3.56. The Hall–Kier alpha value is -6.01. The molecule has 0 radical (unpaired) electrons. The van der Waals surface area contributed by atoms with Gasteiger partial charge in [-0.25, -0.2) is 25.7 Å². The second-order valence-corrected chi connectivity index (χ2v) is 11.1. The number of carbonyl (C=O) groups excluding carboxylic acids is 4. The van der Waals surface area contributed by atoms with Gasteiger partial charge in [-0.2, -0.15) is 0 Å². The number of anilines is 2. The molecule has 0 bridgehead atoms. The summed E-state index contributed by atoms with van der Waals surface area (Å²) in [5, 5.41) is 13.4. The zero-order valence-corrected chi connectivity index (χ0v) is 28.4. The summed E-state index contributed by atoms with van der Waals surface area (Å²) in [4.78, 5) is 61.4. The fourth-order valence-corrected chi connectivity index (χ4v) is 4.66. The third-order valence-corrected chi connectivity index (χ3v) is 7.29. The number of hydrogen-bond donors (Lipinski definition) is 5. The molecule has 50 heavy (non-hydrogen) atoms. The smallest absolute Gasteiger partial charge is 0.416 e. The van der Waals surface area contributed by atoms with Gasteiger partial charge in [0.1, 0.15) is 23.9 Å². The number of methoxy groups -OCH3 is 1. The van der Waals surface area contributed by atoms with Crippen molar-refractivity contribution in [2.45, 2.75) is 26.2 Å². The lowest BCUT2D eigenvalue weighted by Gasteiger charge is -2.21. The van der Waals surface area contributed by atoms with Crippen LogP contribution in [0.4, 0.5) is 22.1 Å². The molecule has 266 valence electrons. The molecule has 4 rings (SSSR count). The minimum Gasteiger partial charge on any atom is -0.494 e. The normalized spacial score (nSPS) is 12.9. The third kappa shape index (κ3) is 9.32. The summed E-state index contributed by atoms with van der Waals surface area (Å²) in [6, 6.07) is 9.83. The zero-order valence-electron chi connectivity index (χ0n) is 28.4. The van der Waals surface area contributed by atoms with Crippen LogP contribution in [0.25, 0.3) is 0 Å². The van der Waals surface area contributed by atoms with E-state index in [-0.39, 0.29) is 59.1 Å². The lowest BCUT2D eigenvalue weighted by atomic mass is 10.1. The van der Waals surface area contributed by atoms with Gasteiger partial charge in [0.2, 0.25) is 5.91 Å². The number of benzene rings is 1. The van der Waals surface area contributed by atoms with E-state index in [1.165, 1.54) is 51.3 Å². The molecular weight excluding hydrogens is 650 g/mol. The van der Waals surface area contributed by atoms with Crippen molar-refractivity contribution in [2.75, 3.05) is 52.1 Å². The van der Waals surface area contributed by atoms with Crippen LogP contribution in [-0.4, -0.2) is 86.2 Å². The quantitative estimate of drug-likeness (QED) is 0.0518. The highest BCUT2D eigenvalue weighted by Gasteiger charge is 2.30. The molecule has 1 saturated carbocycles. The van der Waals surface area contributed by atoms with Crippen molar-refractivity contribution in [2.24, 2.45) is 27.6 Å². The maximum atomic E-state index is 13.3. The van der Waals surface area contributed by atoms with Crippen molar-refractivity contribution in [3.63, 3.8) is 0 Å². The number of para-hydroxylation sites is 1. The molecule has 3 aromatic rings. The molecular formula is C32H41N11O7. The summed E-state index contributed by atoms with van der Waals surface area (Å²) in [5.41, 5.74) is 7.42. The van der Waals surface area contributed by atoms with Crippen LogP contribution in [0.2, 0.25) is 0 Å². The van der Waals surface area contributed by atoms with Gasteiger partial charge < -0.3 is 35.9 Å². The SMILES string of the molecule is CNCC(=O)OCc1cccnc1N(C)C(=O)OCn1cc(C(=O)NC)c(=Nc2cccc(/C(N)=N/N(C)N)c2OC)cc1NC(=O)C1CC1. The predicted octanol–water partition coefficient (Wildman–Crippen LogP) is 0.751. The molecule has 1 aliphatic carbocycles. The first-order chi connectivity index (χ1) is 24.0. The molecule has 18 heteroatoms. The van der Waals surface area contributed by atoms with E-state index < -0.39 is 24.7 Å². The number of pyridine rings is 2. The van der Waals surface area contributed by atoms with Crippen LogP contribution < -0.4 is 42.5 Å². The predicted molar refractivity (Wildman–Crippen MR) is 183 cm³/mol. The van der Waals surface area contributed by atoms with Gasteiger partial charge in [-0.05, 0) is 38.1 Å². The molecule has 2 aromatic heterocycles. The number of aromatic nitrogens is 2. The first kappa shape index (κ1) is 36.8. The van der Waals surface area contributed by atoms with Crippen LogP contribution in [-0.2, 0) is 32.4 Å². The Balaban J connectivity index is 1.71. The number of hydrazine groups is 1. The third-order valence-electron chi connectivity index (χ3n) is 7.29. The van der Waals surface area contributed by atoms with Crippen LogP contribution >= 0.6 is 0 Å². The molecule has 0 saturated heterocycles. The highest BCUT2D eigenvalue weighted by Crippen LogP contribution is 2.32. The number of likely N-dealkylation sites (N-methyl/N-ethyl adjacent to an activating group) is 1. The Morgan fingerprint density at radius 1 is 1.08 bits per heavy atom. The van der Waals surface area contributed by atoms with Crippen LogP contribution in [0.5, 0.6) is 5.75 Å². The minimum absolute atomic E-state index is 0.0183. The number of amides is 3. The zero-order chi connectivity index (χ0) is 36.4. The van der Waals surface area contributed by atoms with E-state index in [1.807, 2.05) is 0 Å². The van der Waals surface area contributed by atoms with Crippen LogP contribution in [0.1, 0.15) is 34.3 Å². The average Bonchev–Trinajstić information content (AvgIpc) is 3.95. The summed E-state index contributed by atoms with van der Waals surface area (Å²) in [7, 11) is 7.47. The van der Waals surface area contributed by atoms with Gasteiger partial charge >= 0.3 is 12.1 Å². The van der Waals surface area contributed by atoms with E-state index in [1.54, 1.807) is 37.4 Å². The number of nitrogens with two attached hydrogens (primary N) is 2. The van der Waals surface area contributed by atoms with Crippen LogP contribution in [0.3, 0.4) is 0 Å². The summed E-state index contributed by atoms with van der Waals surface area (Å²) in [6.45, 7) is -0.513. The van der Waals surface area contributed by atoms with Gasteiger partial charge in [0, 0.05) is 51.1 Å². The molecule has 7 N–H and O–H groups in total. The second-order valence-electron chi connectivity index (χ2n) is 11.1. The molecule has 0 atom stereocenters. The number of rotatable bonds is 14. The first-order valence-corrected chi connectivity index (χ1v) is 15.4. The highest BCUT2D eigenvalue weighted by atomic mass is 16.6. The summed E-state index contributed by atoms with van der Waals surface area (Å²) < 4.78 is 17.9. The number of esters is 1. The fourth-order valence-electron chi connectivity index (χ4n) is 4.66. The second kappa shape index (κ2) is 16.9. The summed E-state index contributed by atoms with van der Waals surface area (Å²) in [5.74, 6) is 5.01. The molecule has 1 aliphatic rings. The van der Waals surface area contributed by atoms with E-state index >= 15 is 0 Å². The van der Waals surface area contributed by atoms with Crippen molar-refractivity contribution < 1.29 is 33.4 Å². The van der Waals surface area contributed by atoms with Gasteiger partial charge in [0.05, 0.1) is 30.1 Å². The topological polar surface area (TPSA) is 233 Å². The Morgan fingerprint density at radius 2 is 1.84 bits per heavy atom. The number of nitrogens with one attached hydrogen (secondary N) is 3. The highest BCUT2D eigenvalue weighted by molar-refractivity contribution is 6.01. The molecule has 18 nitrogen and oxygen atoms in total. The van der Waals surface area contributed by atoms with Gasteiger partial charge in [-0.3, -0.25) is 23.9 Å². The van der Waals surface area contributed by atoms with Crippen molar-refractivity contribution in [1.29, 1.82) is 0 Å². The Kier molecular flexibility index (Phi) is 12.4. The molecule has 0 aliphatic heterocycles. The average molecular weight is 692 g/mol. The molecule has 0 unspecified atom stereocenters. The van der Waals surface area contributed by atoms with Crippen LogP contribution in [0.15, 0.2) is 58.9 Å². The molecule has 1 aromatic carbocycles. The Bertz CT molecular complexity index is 1840. The lowest BCUT2D eigenvalue weighted by molar-refractivity contribution is -0.143. The summed E-state index contributed by atoms with van der Waals surface area (Å²) >= 11 is 0. The fraction of sp³-hybridized carbons (Fsp3) is 0.344. The van der Waals surface area contributed by atoms with Gasteiger partial charge in [-0.1, -0.05) is 12.1 Å². The van der Waals surface area contributed by atoms with Gasteiger partial charge in [0.15, 0.2) is 18.3 Å². The molecule has 1 fully saturated rings. The van der Waals surface area contributed by atoms with E-state index in [4.69, 9.17) is 30.8 Å². The van der Waals surface area contributed by atoms with E-state index in [0.29, 0.717) is 16.8 Å². The van der Waals surface area contributed by atoms with Gasteiger partial charge in [0.25, 0.3) is 5.91 Å². The van der Waals surface area contributed by atoms with Crippen molar-refractivity contribution in [3.8, 4) is 5.75 Å². The van der Waals surface area contributed by atoms with E-state index in [9.17, 15) is 19.2 Å². The Labute approximate surface area is 288 Å². The van der Waals surface area contributed by atoms with Crippen molar-refractivity contribution >= 4 is 47.0 Å². The number of ether oxygens (including phenoxy) is 3. The van der Waals surface area contributed by atoms with Crippen molar-refractivity contribution in [3.05, 3.63) is 70.8 Å². The largest absolute Gasteiger partial charge is 0.494 e. The number of nitrogens with zero attached hydrogens (tertiary/aromatic N) is 6. The van der Waals surface area contributed by atoms with Gasteiger partial charge in [-0.15, -0.1) is 5.10 Å². The standard InChI is InChI=1S/C32H41N11O7/c1-35-15-26(44)49-17-20-8-7-13-37-29(20)41(3)32(47)50-18-43-16-22(31(46)36-2)24(14-25(43)39-30(45)19-11-12-19)38-23-10-6-9-21(27(23)48-5)28(33)40-42(4)34/h6-10,13-14,16,19,35H,11-12,15,17-18,34H2,1-5H3,(H2,33,40)(H,36,46)(H,39,45). The van der Waals surface area contributed by atoms with E-state index in [2.05, 4.69) is 26.0 Å². The Morgan fingerprint density at radius 3 is 2.50 bits per heavy atom. The number of carbonyl (C=O) groups is 4. The van der Waals surface area contributed by atoms with Crippen molar-refractivity contribution in [1.82, 2.24) is 25.3 Å². The lowest BCUT2D eigenvalue weighted by Crippen LogP contribution is -2.32. The van der Waals surface area contributed by atoms with Crippen LogP contribution in [0, 0.1) is 5.92 Å². The molecule has 0 spiro atoms. The monoisotopic (exact) mass is 691 g/mol. The molecule has 2 heterocycles. The maximum Gasteiger partial charge on any atom is 0.416 e. The number of hydrazone groups is 1.